The molecule has 2 heterocycles. The maximum absolute atomic E-state index is 11.9. The van der Waals surface area contributed by atoms with Crippen LogP contribution in [0.4, 0.5) is 5.82 Å². The number of anilines is 1. The number of hydrogen-bond acceptors (Lipinski definition) is 4. The molecule has 1 aromatic carbocycles. The number of hydrogen-bond donors (Lipinski definition) is 1. The first kappa shape index (κ1) is 13.4. The van der Waals surface area contributed by atoms with Crippen molar-refractivity contribution in [2.75, 3.05) is 12.1 Å². The minimum absolute atomic E-state index is 0.0502. The van der Waals surface area contributed by atoms with Crippen molar-refractivity contribution >= 4 is 11.7 Å². The van der Waals surface area contributed by atoms with Gasteiger partial charge in [0, 0.05) is 12.6 Å². The largest absolute Gasteiger partial charge is 0.454 e. The van der Waals surface area contributed by atoms with Gasteiger partial charge in [0.05, 0.1) is 0 Å². The van der Waals surface area contributed by atoms with Crippen LogP contribution in [-0.4, -0.2) is 17.7 Å². The van der Waals surface area contributed by atoms with Crippen LogP contribution in [0.2, 0.25) is 0 Å². The molecule has 108 valence electrons. The second kappa shape index (κ2) is 5.83. The lowest BCUT2D eigenvalue weighted by Crippen LogP contribution is -2.13. The molecule has 3 rings (SSSR count). The van der Waals surface area contributed by atoms with E-state index in [0.29, 0.717) is 18.7 Å². The molecule has 0 saturated carbocycles. The van der Waals surface area contributed by atoms with Crippen LogP contribution in [0.15, 0.2) is 36.5 Å². The molecule has 0 radical (unpaired) electrons. The first-order valence-electron chi connectivity index (χ1n) is 6.82. The number of rotatable bonds is 4. The number of nitrogens with zero attached hydrogens (tertiary/aromatic N) is 1. The molecule has 1 aliphatic rings. The van der Waals surface area contributed by atoms with Gasteiger partial charge in [0.25, 0.3) is 0 Å². The predicted molar refractivity (Wildman–Crippen MR) is 78.5 cm³/mol. The molecular formula is C16H16N2O3. The van der Waals surface area contributed by atoms with E-state index in [0.717, 1.165) is 22.6 Å². The van der Waals surface area contributed by atoms with Crippen LogP contribution in [-0.2, 0) is 11.2 Å². The summed E-state index contributed by atoms with van der Waals surface area (Å²) >= 11 is 0. The zero-order valence-corrected chi connectivity index (χ0v) is 11.8. The number of nitrogens with one attached hydrogen (secondary N) is 1. The predicted octanol–water partition coefficient (Wildman–Crippen LogP) is 2.69. The molecule has 0 fully saturated rings. The zero-order valence-electron chi connectivity index (χ0n) is 11.8. The van der Waals surface area contributed by atoms with Gasteiger partial charge in [-0.1, -0.05) is 6.07 Å². The number of carbonyl (C=O) groups excluding carboxylic acids is 1. The van der Waals surface area contributed by atoms with Crippen molar-refractivity contribution in [2.45, 2.75) is 19.8 Å². The average Bonchev–Trinajstić information content (AvgIpc) is 2.92. The lowest BCUT2D eigenvalue weighted by atomic mass is 10.1. The van der Waals surface area contributed by atoms with E-state index in [4.69, 9.17) is 9.47 Å². The molecule has 0 unspecified atom stereocenters. The van der Waals surface area contributed by atoms with E-state index in [2.05, 4.69) is 10.3 Å². The minimum atomic E-state index is -0.0502. The fraction of sp³-hybridized carbons (Fsp3) is 0.250. The van der Waals surface area contributed by atoms with Gasteiger partial charge < -0.3 is 14.8 Å². The van der Waals surface area contributed by atoms with E-state index in [-0.39, 0.29) is 12.7 Å². The topological polar surface area (TPSA) is 60.5 Å². The van der Waals surface area contributed by atoms with Gasteiger partial charge in [-0.3, -0.25) is 4.79 Å². The van der Waals surface area contributed by atoms with Gasteiger partial charge in [0.1, 0.15) is 5.82 Å². The summed E-state index contributed by atoms with van der Waals surface area (Å²) in [5.74, 6) is 2.04. The molecule has 0 atom stereocenters. The number of benzene rings is 1. The Morgan fingerprint density at radius 2 is 2.10 bits per heavy atom. The fourth-order valence-corrected chi connectivity index (χ4v) is 2.16. The summed E-state index contributed by atoms with van der Waals surface area (Å²) in [5, 5.41) is 2.80. The lowest BCUT2D eigenvalue weighted by Gasteiger charge is -2.06. The summed E-state index contributed by atoms with van der Waals surface area (Å²) in [4.78, 5) is 16.0. The zero-order chi connectivity index (χ0) is 14.7. The third kappa shape index (κ3) is 3.31. The average molecular weight is 284 g/mol. The highest BCUT2D eigenvalue weighted by Gasteiger charge is 2.13. The number of aromatic nitrogens is 1. The van der Waals surface area contributed by atoms with Crippen LogP contribution < -0.4 is 14.8 Å². The van der Waals surface area contributed by atoms with Crippen LogP contribution >= 0.6 is 0 Å². The standard InChI is InChI=1S/C16H16N2O3/c1-11-6-7-17-15(8-11)18-16(19)5-3-12-2-4-13-14(9-12)21-10-20-13/h2,4,6-9H,3,5,10H2,1H3,(H,17,18,19). The van der Waals surface area contributed by atoms with Crippen molar-refractivity contribution in [2.24, 2.45) is 0 Å². The van der Waals surface area contributed by atoms with Crippen LogP contribution in [0.25, 0.3) is 0 Å². The molecule has 5 heteroatoms. The highest BCUT2D eigenvalue weighted by atomic mass is 16.7. The van der Waals surface area contributed by atoms with Gasteiger partial charge >= 0.3 is 0 Å². The maximum atomic E-state index is 11.9. The Kier molecular flexibility index (Phi) is 3.73. The van der Waals surface area contributed by atoms with Crippen LogP contribution in [0.1, 0.15) is 17.5 Å². The van der Waals surface area contributed by atoms with Crippen molar-refractivity contribution in [3.8, 4) is 11.5 Å². The second-order valence-corrected chi connectivity index (χ2v) is 4.95. The number of amides is 1. The number of ether oxygens (including phenoxy) is 2. The summed E-state index contributed by atoms with van der Waals surface area (Å²) < 4.78 is 10.6. The number of fused-ring (bicyclic) bond motifs is 1. The Hall–Kier alpha value is -2.56. The van der Waals surface area contributed by atoms with Crippen LogP contribution in [0.3, 0.4) is 0 Å². The normalized spacial score (nSPS) is 12.2. The van der Waals surface area contributed by atoms with Crippen molar-refractivity contribution in [3.63, 3.8) is 0 Å². The molecule has 1 N–H and O–H groups in total. The molecule has 5 nitrogen and oxygen atoms in total. The van der Waals surface area contributed by atoms with Gasteiger partial charge in [-0.25, -0.2) is 4.98 Å². The Morgan fingerprint density at radius 3 is 2.95 bits per heavy atom. The smallest absolute Gasteiger partial charge is 0.231 e. The monoisotopic (exact) mass is 284 g/mol. The number of carbonyl (C=O) groups is 1. The Balaban J connectivity index is 1.56. The van der Waals surface area contributed by atoms with E-state index in [1.807, 2.05) is 37.3 Å². The van der Waals surface area contributed by atoms with Gasteiger partial charge in [-0.15, -0.1) is 0 Å². The van der Waals surface area contributed by atoms with Crippen molar-refractivity contribution in [1.82, 2.24) is 4.98 Å². The molecule has 0 bridgehead atoms. The summed E-state index contributed by atoms with van der Waals surface area (Å²) in [7, 11) is 0. The van der Waals surface area contributed by atoms with Crippen LogP contribution in [0, 0.1) is 6.92 Å². The van der Waals surface area contributed by atoms with E-state index in [1.54, 1.807) is 6.20 Å². The van der Waals surface area contributed by atoms with E-state index in [1.165, 1.54) is 0 Å². The first-order chi connectivity index (χ1) is 10.2. The van der Waals surface area contributed by atoms with Crippen molar-refractivity contribution in [1.29, 1.82) is 0 Å². The SMILES string of the molecule is Cc1ccnc(NC(=O)CCc2ccc3c(c2)OCO3)c1. The van der Waals surface area contributed by atoms with Gasteiger partial charge in [0.15, 0.2) is 11.5 Å². The quantitative estimate of drug-likeness (QED) is 0.937. The fourth-order valence-electron chi connectivity index (χ4n) is 2.16. The number of aryl methyl sites for hydroxylation is 2. The number of pyridine rings is 1. The molecular weight excluding hydrogens is 268 g/mol. The highest BCUT2D eigenvalue weighted by Crippen LogP contribution is 2.32. The highest BCUT2D eigenvalue weighted by molar-refractivity contribution is 5.89. The summed E-state index contributed by atoms with van der Waals surface area (Å²) in [6, 6.07) is 9.48. The Bertz CT molecular complexity index is 670. The summed E-state index contributed by atoms with van der Waals surface area (Å²) in [5.41, 5.74) is 2.11. The molecule has 0 spiro atoms. The molecule has 0 saturated heterocycles. The third-order valence-corrected chi connectivity index (χ3v) is 3.26. The lowest BCUT2D eigenvalue weighted by molar-refractivity contribution is -0.116. The minimum Gasteiger partial charge on any atom is -0.454 e. The third-order valence-electron chi connectivity index (χ3n) is 3.26. The van der Waals surface area contributed by atoms with E-state index < -0.39 is 0 Å². The van der Waals surface area contributed by atoms with Crippen molar-refractivity contribution in [3.05, 3.63) is 47.7 Å². The Labute approximate surface area is 122 Å². The molecule has 1 aromatic heterocycles. The molecule has 2 aromatic rings. The van der Waals surface area contributed by atoms with Gasteiger partial charge in [0.2, 0.25) is 12.7 Å². The summed E-state index contributed by atoms with van der Waals surface area (Å²) in [6.45, 7) is 2.22. The Morgan fingerprint density at radius 1 is 1.24 bits per heavy atom. The molecule has 1 amide bonds. The maximum Gasteiger partial charge on any atom is 0.231 e. The van der Waals surface area contributed by atoms with Gasteiger partial charge in [-0.2, -0.15) is 0 Å². The molecule has 0 aliphatic carbocycles. The van der Waals surface area contributed by atoms with Crippen molar-refractivity contribution < 1.29 is 14.3 Å². The molecule has 1 aliphatic heterocycles. The first-order valence-corrected chi connectivity index (χ1v) is 6.82. The second-order valence-electron chi connectivity index (χ2n) is 4.95. The van der Waals surface area contributed by atoms with E-state index >= 15 is 0 Å². The molecule has 21 heavy (non-hydrogen) atoms. The van der Waals surface area contributed by atoms with E-state index in [9.17, 15) is 4.79 Å². The van der Waals surface area contributed by atoms with Gasteiger partial charge in [-0.05, 0) is 48.7 Å². The van der Waals surface area contributed by atoms with Crippen LogP contribution in [0.5, 0.6) is 11.5 Å². The summed E-state index contributed by atoms with van der Waals surface area (Å²) in [6.07, 6.45) is 2.73.